The van der Waals surface area contributed by atoms with Gasteiger partial charge in [-0.3, -0.25) is 0 Å². The molecule has 0 spiro atoms. The number of unbranched alkanes of at least 4 members (excludes halogenated alkanes) is 1. The lowest BCUT2D eigenvalue weighted by molar-refractivity contribution is 0.0600. The van der Waals surface area contributed by atoms with E-state index in [2.05, 4.69) is 23.6 Å². The van der Waals surface area contributed by atoms with Gasteiger partial charge in [0, 0.05) is 13.0 Å². The molecule has 24 heavy (non-hydrogen) atoms. The number of rotatable bonds is 6. The normalized spacial score (nSPS) is 10.9. The van der Waals surface area contributed by atoms with Gasteiger partial charge in [-0.2, -0.15) is 0 Å². The van der Waals surface area contributed by atoms with Crippen molar-refractivity contribution in [2.45, 2.75) is 32.7 Å². The molecule has 0 N–H and O–H groups in total. The van der Waals surface area contributed by atoms with Crippen molar-refractivity contribution in [1.29, 1.82) is 0 Å². The zero-order valence-corrected chi connectivity index (χ0v) is 14.2. The summed E-state index contributed by atoms with van der Waals surface area (Å²) >= 11 is 0. The third kappa shape index (κ3) is 3.32. The number of nitrogens with zero attached hydrogens (tertiary/aromatic N) is 2. The zero-order chi connectivity index (χ0) is 16.9. The van der Waals surface area contributed by atoms with Gasteiger partial charge in [0.2, 0.25) is 0 Å². The van der Waals surface area contributed by atoms with Crippen molar-refractivity contribution in [3.05, 3.63) is 65.5 Å². The fourth-order valence-electron chi connectivity index (χ4n) is 2.87. The van der Waals surface area contributed by atoms with Gasteiger partial charge in [-0.25, -0.2) is 9.78 Å². The summed E-state index contributed by atoms with van der Waals surface area (Å²) in [6, 6.07) is 15.8. The number of hydrogen-bond acceptors (Lipinski definition) is 3. The predicted molar refractivity (Wildman–Crippen MR) is 95.2 cm³/mol. The molecule has 1 aromatic heterocycles. The molecule has 0 aliphatic heterocycles. The Balaban J connectivity index is 1.92. The first-order valence-electron chi connectivity index (χ1n) is 8.34. The highest BCUT2D eigenvalue weighted by Gasteiger charge is 2.11. The molecule has 0 aliphatic carbocycles. The van der Waals surface area contributed by atoms with Gasteiger partial charge < -0.3 is 9.30 Å². The molecule has 4 nitrogen and oxygen atoms in total. The van der Waals surface area contributed by atoms with Crippen LogP contribution < -0.4 is 0 Å². The minimum Gasteiger partial charge on any atom is -0.465 e. The lowest BCUT2D eigenvalue weighted by Gasteiger charge is -2.10. The standard InChI is InChI=1S/C20H22N2O2/c1-3-4-9-19-21-17-7-5-6-8-18(17)22(19)14-15-10-12-16(13-11-15)20(23)24-2/h5-8,10-13H,3-4,9,14H2,1-2H3. The third-order valence-electron chi connectivity index (χ3n) is 4.20. The number of esters is 1. The number of imidazole rings is 1. The highest BCUT2D eigenvalue weighted by atomic mass is 16.5. The van der Waals surface area contributed by atoms with Crippen LogP contribution in [0.15, 0.2) is 48.5 Å². The van der Waals surface area contributed by atoms with E-state index in [0.717, 1.165) is 48.2 Å². The monoisotopic (exact) mass is 322 g/mol. The van der Waals surface area contributed by atoms with E-state index in [-0.39, 0.29) is 5.97 Å². The first-order valence-corrected chi connectivity index (χ1v) is 8.34. The number of benzene rings is 2. The van der Waals surface area contributed by atoms with Crippen LogP contribution in [0, 0.1) is 0 Å². The summed E-state index contributed by atoms with van der Waals surface area (Å²) in [7, 11) is 1.40. The molecule has 0 bridgehead atoms. The van der Waals surface area contributed by atoms with Crippen molar-refractivity contribution >= 4 is 17.0 Å². The highest BCUT2D eigenvalue weighted by Crippen LogP contribution is 2.19. The van der Waals surface area contributed by atoms with Crippen LogP contribution in [0.1, 0.15) is 41.5 Å². The molecule has 1 heterocycles. The fraction of sp³-hybridized carbons (Fsp3) is 0.300. The first-order chi connectivity index (χ1) is 11.7. The van der Waals surface area contributed by atoms with Crippen LogP contribution in [0.3, 0.4) is 0 Å². The minimum atomic E-state index is -0.307. The number of carbonyl (C=O) groups excluding carboxylic acids is 1. The zero-order valence-electron chi connectivity index (χ0n) is 14.2. The molecule has 0 aliphatic rings. The molecule has 0 saturated carbocycles. The Labute approximate surface area is 142 Å². The van der Waals surface area contributed by atoms with Crippen molar-refractivity contribution in [3.8, 4) is 0 Å². The van der Waals surface area contributed by atoms with Gasteiger partial charge in [0.05, 0.1) is 23.7 Å². The number of carbonyl (C=O) groups is 1. The predicted octanol–water partition coefficient (Wildman–Crippen LogP) is 4.21. The number of fused-ring (bicyclic) bond motifs is 1. The van der Waals surface area contributed by atoms with Crippen molar-refractivity contribution in [3.63, 3.8) is 0 Å². The number of para-hydroxylation sites is 2. The van der Waals surface area contributed by atoms with Gasteiger partial charge in [-0.05, 0) is 36.2 Å². The third-order valence-corrected chi connectivity index (χ3v) is 4.20. The Morgan fingerprint density at radius 1 is 1.12 bits per heavy atom. The molecule has 0 saturated heterocycles. The van der Waals surface area contributed by atoms with Gasteiger partial charge in [0.1, 0.15) is 5.82 Å². The van der Waals surface area contributed by atoms with Crippen LogP contribution in [0.2, 0.25) is 0 Å². The molecule has 0 fully saturated rings. The maximum Gasteiger partial charge on any atom is 0.337 e. The van der Waals surface area contributed by atoms with E-state index in [1.54, 1.807) is 0 Å². The van der Waals surface area contributed by atoms with E-state index < -0.39 is 0 Å². The van der Waals surface area contributed by atoms with Crippen molar-refractivity contribution in [2.75, 3.05) is 7.11 Å². The van der Waals surface area contributed by atoms with Crippen LogP contribution in [-0.4, -0.2) is 22.6 Å². The van der Waals surface area contributed by atoms with E-state index in [1.165, 1.54) is 7.11 Å². The smallest absolute Gasteiger partial charge is 0.337 e. The van der Waals surface area contributed by atoms with E-state index >= 15 is 0 Å². The largest absolute Gasteiger partial charge is 0.465 e. The van der Waals surface area contributed by atoms with Gasteiger partial charge in [-0.15, -0.1) is 0 Å². The summed E-state index contributed by atoms with van der Waals surface area (Å²) in [4.78, 5) is 16.3. The van der Waals surface area contributed by atoms with Crippen LogP contribution in [-0.2, 0) is 17.7 Å². The summed E-state index contributed by atoms with van der Waals surface area (Å²) in [5, 5.41) is 0. The molecular weight excluding hydrogens is 300 g/mol. The van der Waals surface area contributed by atoms with E-state index in [4.69, 9.17) is 9.72 Å². The van der Waals surface area contributed by atoms with Crippen LogP contribution in [0.5, 0.6) is 0 Å². The van der Waals surface area contributed by atoms with Gasteiger partial charge in [0.15, 0.2) is 0 Å². The van der Waals surface area contributed by atoms with E-state index in [9.17, 15) is 4.79 Å². The summed E-state index contributed by atoms with van der Waals surface area (Å²) in [6.07, 6.45) is 3.26. The minimum absolute atomic E-state index is 0.307. The van der Waals surface area contributed by atoms with Gasteiger partial charge in [0.25, 0.3) is 0 Å². The van der Waals surface area contributed by atoms with Crippen LogP contribution in [0.25, 0.3) is 11.0 Å². The number of methoxy groups -OCH3 is 1. The Hall–Kier alpha value is -2.62. The molecule has 4 heteroatoms. The second-order valence-electron chi connectivity index (χ2n) is 5.89. The summed E-state index contributed by atoms with van der Waals surface area (Å²) in [5.74, 6) is 0.813. The van der Waals surface area contributed by atoms with Crippen LogP contribution >= 0.6 is 0 Å². The molecule has 3 aromatic rings. The first kappa shape index (κ1) is 16.2. The molecule has 124 valence electrons. The number of aryl methyl sites for hydroxylation is 1. The topological polar surface area (TPSA) is 44.1 Å². The Morgan fingerprint density at radius 3 is 2.58 bits per heavy atom. The highest BCUT2D eigenvalue weighted by molar-refractivity contribution is 5.89. The van der Waals surface area contributed by atoms with Crippen molar-refractivity contribution in [2.24, 2.45) is 0 Å². The molecule has 0 amide bonds. The summed E-state index contributed by atoms with van der Waals surface area (Å²) in [5.41, 5.74) is 3.90. The lowest BCUT2D eigenvalue weighted by Crippen LogP contribution is -2.06. The van der Waals surface area contributed by atoms with Crippen molar-refractivity contribution in [1.82, 2.24) is 9.55 Å². The quantitative estimate of drug-likeness (QED) is 0.638. The maximum absolute atomic E-state index is 11.6. The SMILES string of the molecule is CCCCc1nc2ccccc2n1Cc1ccc(C(=O)OC)cc1. The fourth-order valence-corrected chi connectivity index (χ4v) is 2.87. The maximum atomic E-state index is 11.6. The second kappa shape index (κ2) is 7.30. The number of hydrogen-bond donors (Lipinski definition) is 0. The average Bonchev–Trinajstić information content (AvgIpc) is 2.97. The molecule has 0 radical (unpaired) electrons. The van der Waals surface area contributed by atoms with Crippen molar-refractivity contribution < 1.29 is 9.53 Å². The Morgan fingerprint density at radius 2 is 1.88 bits per heavy atom. The average molecular weight is 322 g/mol. The molecule has 0 unspecified atom stereocenters. The number of aromatic nitrogens is 2. The lowest BCUT2D eigenvalue weighted by atomic mass is 10.1. The van der Waals surface area contributed by atoms with Crippen LogP contribution in [0.4, 0.5) is 0 Å². The molecular formula is C20H22N2O2. The van der Waals surface area contributed by atoms with E-state index in [0.29, 0.717) is 5.56 Å². The Bertz CT molecular complexity index is 834. The summed E-state index contributed by atoms with van der Waals surface area (Å²) in [6.45, 7) is 2.94. The van der Waals surface area contributed by atoms with Gasteiger partial charge >= 0.3 is 5.97 Å². The van der Waals surface area contributed by atoms with E-state index in [1.807, 2.05) is 36.4 Å². The second-order valence-corrected chi connectivity index (χ2v) is 5.89. The molecule has 0 atom stereocenters. The molecule has 2 aromatic carbocycles. The summed E-state index contributed by atoms with van der Waals surface area (Å²) < 4.78 is 7.02. The number of ether oxygens (including phenoxy) is 1. The molecule has 3 rings (SSSR count). The Kier molecular flexibility index (Phi) is 4.94. The van der Waals surface area contributed by atoms with Gasteiger partial charge in [-0.1, -0.05) is 37.6 Å².